The Morgan fingerprint density at radius 3 is 2.64 bits per heavy atom. The predicted octanol–water partition coefficient (Wildman–Crippen LogP) is 3.61. The average Bonchev–Trinajstić information content (AvgIpc) is 3.16. The molecule has 2 saturated heterocycles. The molecule has 0 aromatic heterocycles. The molecule has 7 heteroatoms. The minimum atomic E-state index is -0.109. The van der Waals surface area contributed by atoms with Crippen LogP contribution in [0.4, 0.5) is 0 Å². The number of hydrogen-bond acceptors (Lipinski definition) is 3. The molecule has 1 atom stereocenters. The van der Waals surface area contributed by atoms with Crippen molar-refractivity contribution in [3.63, 3.8) is 0 Å². The summed E-state index contributed by atoms with van der Waals surface area (Å²) >= 11 is 6.43. The molecule has 2 heterocycles. The van der Waals surface area contributed by atoms with Gasteiger partial charge < -0.3 is 15.0 Å². The van der Waals surface area contributed by atoms with Gasteiger partial charge in [-0.2, -0.15) is 0 Å². The smallest absolute Gasteiger partial charge is 0.193 e. The Kier molecular flexibility index (Phi) is 9.31. The van der Waals surface area contributed by atoms with E-state index in [9.17, 15) is 0 Å². The molecule has 0 radical (unpaired) electrons. The van der Waals surface area contributed by atoms with Gasteiger partial charge in [0.05, 0.1) is 19.8 Å². The molecule has 1 aromatic carbocycles. The Hall–Kier alpha value is -0.570. The van der Waals surface area contributed by atoms with E-state index in [1.165, 1.54) is 6.42 Å². The zero-order valence-corrected chi connectivity index (χ0v) is 20.4. The fourth-order valence-corrected chi connectivity index (χ4v) is 4.36. The number of halogens is 2. The Labute approximate surface area is 191 Å². The third kappa shape index (κ3) is 5.97. The van der Waals surface area contributed by atoms with Crippen LogP contribution in [0.3, 0.4) is 0 Å². The number of aliphatic imine (C=N–C) groups is 1. The SMILES string of the molecule is CCNC(=NCC(C)(C)c1ccccc1Cl)N1CCC(N2CCOCC2)C1.I. The lowest BCUT2D eigenvalue weighted by Gasteiger charge is -2.32. The summed E-state index contributed by atoms with van der Waals surface area (Å²) in [6.07, 6.45) is 1.19. The number of hydrogen-bond donors (Lipinski definition) is 1. The first kappa shape index (κ1) is 23.7. The van der Waals surface area contributed by atoms with Gasteiger partial charge in [0.2, 0.25) is 0 Å². The van der Waals surface area contributed by atoms with Crippen LogP contribution in [0.1, 0.15) is 32.8 Å². The van der Waals surface area contributed by atoms with Crippen molar-refractivity contribution in [1.29, 1.82) is 0 Å². The molecular weight excluding hydrogens is 487 g/mol. The Balaban J connectivity index is 0.00000280. The van der Waals surface area contributed by atoms with Gasteiger partial charge in [-0.05, 0) is 25.0 Å². The van der Waals surface area contributed by atoms with E-state index in [4.69, 9.17) is 21.3 Å². The van der Waals surface area contributed by atoms with Gasteiger partial charge in [-0.15, -0.1) is 24.0 Å². The second kappa shape index (κ2) is 11.0. The highest BCUT2D eigenvalue weighted by molar-refractivity contribution is 14.0. The maximum Gasteiger partial charge on any atom is 0.193 e. The number of nitrogens with zero attached hydrogens (tertiary/aromatic N) is 3. The number of ether oxygens (including phenoxy) is 1. The largest absolute Gasteiger partial charge is 0.379 e. The molecule has 3 rings (SSSR count). The van der Waals surface area contributed by atoms with Crippen molar-refractivity contribution in [2.24, 2.45) is 4.99 Å². The first-order valence-corrected chi connectivity index (χ1v) is 10.5. The number of guanidine groups is 1. The van der Waals surface area contributed by atoms with Crippen LogP contribution in [0.5, 0.6) is 0 Å². The average molecular weight is 521 g/mol. The fraction of sp³-hybridized carbons (Fsp3) is 0.667. The van der Waals surface area contributed by atoms with Gasteiger partial charge in [-0.3, -0.25) is 9.89 Å². The quantitative estimate of drug-likeness (QED) is 0.366. The Bertz CT molecular complexity index is 649. The zero-order chi connectivity index (χ0) is 19.3. The molecule has 0 aliphatic carbocycles. The van der Waals surface area contributed by atoms with Crippen molar-refractivity contribution in [2.75, 3.05) is 52.5 Å². The maximum atomic E-state index is 6.43. The normalized spacial score (nSPS) is 21.5. The van der Waals surface area contributed by atoms with Crippen molar-refractivity contribution >= 4 is 41.5 Å². The Morgan fingerprint density at radius 1 is 1.25 bits per heavy atom. The number of morpholine rings is 1. The topological polar surface area (TPSA) is 40.1 Å². The van der Waals surface area contributed by atoms with E-state index in [0.29, 0.717) is 12.6 Å². The first-order chi connectivity index (χ1) is 13.0. The lowest BCUT2D eigenvalue weighted by molar-refractivity contribution is 0.0195. The van der Waals surface area contributed by atoms with Crippen LogP contribution in [0.15, 0.2) is 29.3 Å². The predicted molar refractivity (Wildman–Crippen MR) is 128 cm³/mol. The van der Waals surface area contributed by atoms with Crippen LogP contribution in [-0.4, -0.2) is 74.3 Å². The second-order valence-corrected chi connectivity index (χ2v) is 8.48. The molecule has 2 aliphatic heterocycles. The monoisotopic (exact) mass is 520 g/mol. The molecule has 158 valence electrons. The number of benzene rings is 1. The van der Waals surface area contributed by atoms with E-state index in [1.807, 2.05) is 18.2 Å². The van der Waals surface area contributed by atoms with E-state index < -0.39 is 0 Å². The lowest BCUT2D eigenvalue weighted by atomic mass is 9.85. The van der Waals surface area contributed by atoms with Crippen molar-refractivity contribution in [3.05, 3.63) is 34.9 Å². The summed E-state index contributed by atoms with van der Waals surface area (Å²) in [6, 6.07) is 8.70. The molecular formula is C21H34ClIN4O. The summed E-state index contributed by atoms with van der Waals surface area (Å²) in [4.78, 5) is 9.97. The molecule has 2 fully saturated rings. The van der Waals surface area contributed by atoms with Crippen LogP contribution in [0, 0.1) is 0 Å². The highest BCUT2D eigenvalue weighted by Crippen LogP contribution is 2.30. The summed E-state index contributed by atoms with van der Waals surface area (Å²) in [7, 11) is 0. The van der Waals surface area contributed by atoms with Crippen molar-refractivity contribution in [1.82, 2.24) is 15.1 Å². The van der Waals surface area contributed by atoms with Crippen molar-refractivity contribution in [2.45, 2.75) is 38.6 Å². The Morgan fingerprint density at radius 2 is 1.96 bits per heavy atom. The standard InChI is InChI=1S/C21H33ClN4O.HI/c1-4-23-20(24-16-21(2,3)18-7-5-6-8-19(18)22)26-10-9-17(15-26)25-11-13-27-14-12-25;/h5-8,17H,4,9-16H2,1-3H3,(H,23,24);1H. The first-order valence-electron chi connectivity index (χ1n) is 10.1. The number of rotatable bonds is 5. The summed E-state index contributed by atoms with van der Waals surface area (Å²) in [5, 5.41) is 4.30. The van der Waals surface area contributed by atoms with E-state index in [-0.39, 0.29) is 29.4 Å². The molecule has 5 nitrogen and oxygen atoms in total. The highest BCUT2D eigenvalue weighted by Gasteiger charge is 2.31. The van der Waals surface area contributed by atoms with Crippen molar-refractivity contribution in [3.8, 4) is 0 Å². The molecule has 28 heavy (non-hydrogen) atoms. The minimum Gasteiger partial charge on any atom is -0.379 e. The van der Waals surface area contributed by atoms with Crippen LogP contribution in [0.2, 0.25) is 5.02 Å². The zero-order valence-electron chi connectivity index (χ0n) is 17.3. The molecule has 1 aromatic rings. The molecule has 2 aliphatic rings. The summed E-state index contributed by atoms with van der Waals surface area (Å²) < 4.78 is 5.50. The molecule has 1 unspecified atom stereocenters. The van der Waals surface area contributed by atoms with Gasteiger partial charge in [0, 0.05) is 49.2 Å². The lowest BCUT2D eigenvalue weighted by Crippen LogP contribution is -2.47. The van der Waals surface area contributed by atoms with E-state index in [2.05, 4.69) is 42.0 Å². The van der Waals surface area contributed by atoms with Crippen molar-refractivity contribution < 1.29 is 4.74 Å². The molecule has 0 saturated carbocycles. The summed E-state index contributed by atoms with van der Waals surface area (Å²) in [5.41, 5.74) is 1.04. The number of nitrogens with one attached hydrogen (secondary N) is 1. The molecule has 1 N–H and O–H groups in total. The van der Waals surface area contributed by atoms with Gasteiger partial charge in [-0.1, -0.05) is 43.6 Å². The van der Waals surface area contributed by atoms with E-state index in [1.54, 1.807) is 0 Å². The number of likely N-dealkylation sites (tertiary alicyclic amines) is 1. The van der Waals surface area contributed by atoms with Gasteiger partial charge in [0.15, 0.2) is 5.96 Å². The summed E-state index contributed by atoms with van der Waals surface area (Å²) in [6.45, 7) is 14.0. The second-order valence-electron chi connectivity index (χ2n) is 8.07. The minimum absolute atomic E-state index is 0. The van der Waals surface area contributed by atoms with E-state index in [0.717, 1.165) is 62.5 Å². The van der Waals surface area contributed by atoms with Gasteiger partial charge in [0.1, 0.15) is 0 Å². The van der Waals surface area contributed by atoms with Gasteiger partial charge in [0.25, 0.3) is 0 Å². The molecule has 0 spiro atoms. The highest BCUT2D eigenvalue weighted by atomic mass is 127. The summed E-state index contributed by atoms with van der Waals surface area (Å²) in [5.74, 6) is 1.02. The molecule has 0 amide bonds. The van der Waals surface area contributed by atoms with Gasteiger partial charge in [-0.25, -0.2) is 0 Å². The van der Waals surface area contributed by atoms with Gasteiger partial charge >= 0.3 is 0 Å². The van der Waals surface area contributed by atoms with Crippen LogP contribution < -0.4 is 5.32 Å². The van der Waals surface area contributed by atoms with Crippen LogP contribution >= 0.6 is 35.6 Å². The van der Waals surface area contributed by atoms with Crippen LogP contribution in [-0.2, 0) is 10.2 Å². The maximum absolute atomic E-state index is 6.43. The van der Waals surface area contributed by atoms with Crippen LogP contribution in [0.25, 0.3) is 0 Å². The third-order valence-corrected chi connectivity index (χ3v) is 5.92. The fourth-order valence-electron chi connectivity index (χ4n) is 3.97. The van der Waals surface area contributed by atoms with E-state index >= 15 is 0 Å². The third-order valence-electron chi connectivity index (χ3n) is 5.59. The molecule has 0 bridgehead atoms.